The zero-order valence-electron chi connectivity index (χ0n) is 21.2. The molecule has 0 N–H and O–H groups in total. The maximum absolute atomic E-state index is 14.3. The first-order chi connectivity index (χ1) is 18.9. The Bertz CT molecular complexity index is 1290. The van der Waals surface area contributed by atoms with Crippen LogP contribution in [0.5, 0.6) is 5.75 Å². The third kappa shape index (κ3) is 7.19. The standard InChI is InChI=1S/C29H25F7O4/c1-2-3-17-4-13-25(38-16-17)19-5-7-20(8-6-19)27(37)39-22-11-9-18(10-12-22)21-14-23(30)26(24(31)15-21)28(32,33)40-29(34,35)36/h5-12,14-15,17,25H,2-4,13,16H2,1H3. The van der Waals surface area contributed by atoms with E-state index in [0.29, 0.717) is 24.7 Å². The molecule has 1 aliphatic heterocycles. The van der Waals surface area contributed by atoms with E-state index in [9.17, 15) is 35.5 Å². The quantitative estimate of drug-likeness (QED) is 0.154. The highest BCUT2D eigenvalue weighted by molar-refractivity contribution is 5.91. The van der Waals surface area contributed by atoms with Crippen LogP contribution in [0.15, 0.2) is 60.7 Å². The number of ether oxygens (including phenoxy) is 3. The first kappa shape index (κ1) is 29.5. The van der Waals surface area contributed by atoms with Gasteiger partial charge in [-0.1, -0.05) is 37.6 Å². The van der Waals surface area contributed by atoms with Crippen LogP contribution in [-0.4, -0.2) is 18.9 Å². The fourth-order valence-electron chi connectivity index (χ4n) is 4.63. The molecular weight excluding hydrogens is 545 g/mol. The summed E-state index contributed by atoms with van der Waals surface area (Å²) in [5.74, 6) is -3.84. The predicted molar refractivity (Wildman–Crippen MR) is 131 cm³/mol. The molecule has 4 nitrogen and oxygen atoms in total. The van der Waals surface area contributed by atoms with Crippen molar-refractivity contribution in [3.8, 4) is 16.9 Å². The number of carbonyl (C=O) groups is 1. The van der Waals surface area contributed by atoms with Gasteiger partial charge in [-0.05, 0) is 78.3 Å². The predicted octanol–water partition coefficient (Wildman–Crippen LogP) is 8.70. The highest BCUT2D eigenvalue weighted by Gasteiger charge is 2.49. The molecule has 11 heteroatoms. The van der Waals surface area contributed by atoms with Gasteiger partial charge in [0.05, 0.1) is 18.3 Å². The average molecular weight is 571 g/mol. The van der Waals surface area contributed by atoms with Crippen LogP contribution in [0.2, 0.25) is 0 Å². The minimum Gasteiger partial charge on any atom is -0.423 e. The molecule has 4 rings (SSSR count). The van der Waals surface area contributed by atoms with E-state index in [1.54, 1.807) is 24.3 Å². The summed E-state index contributed by atoms with van der Waals surface area (Å²) in [6, 6.07) is 13.0. The summed E-state index contributed by atoms with van der Waals surface area (Å²) >= 11 is 0. The van der Waals surface area contributed by atoms with Crippen LogP contribution < -0.4 is 4.74 Å². The van der Waals surface area contributed by atoms with Gasteiger partial charge in [-0.25, -0.2) is 18.3 Å². The maximum atomic E-state index is 14.3. The van der Waals surface area contributed by atoms with Crippen molar-refractivity contribution in [1.82, 2.24) is 0 Å². The lowest BCUT2D eigenvalue weighted by atomic mass is 9.91. The van der Waals surface area contributed by atoms with Gasteiger partial charge in [0.15, 0.2) is 0 Å². The molecule has 2 atom stereocenters. The maximum Gasteiger partial charge on any atom is 0.527 e. The van der Waals surface area contributed by atoms with E-state index in [4.69, 9.17) is 9.47 Å². The number of benzene rings is 3. The van der Waals surface area contributed by atoms with Crippen LogP contribution in [-0.2, 0) is 15.6 Å². The molecule has 0 aromatic heterocycles. The lowest BCUT2D eigenvalue weighted by Crippen LogP contribution is -2.29. The number of hydrogen-bond acceptors (Lipinski definition) is 4. The molecule has 1 fully saturated rings. The smallest absolute Gasteiger partial charge is 0.423 e. The summed E-state index contributed by atoms with van der Waals surface area (Å²) in [5.41, 5.74) is -1.03. The van der Waals surface area contributed by atoms with E-state index < -0.39 is 35.6 Å². The van der Waals surface area contributed by atoms with Crippen molar-refractivity contribution < 1.29 is 49.7 Å². The third-order valence-electron chi connectivity index (χ3n) is 6.56. The van der Waals surface area contributed by atoms with Crippen molar-refractivity contribution in [3.05, 3.63) is 89.0 Å². The van der Waals surface area contributed by atoms with Gasteiger partial charge in [0.1, 0.15) is 22.9 Å². The Morgan fingerprint density at radius 2 is 1.52 bits per heavy atom. The molecule has 0 saturated carbocycles. The van der Waals surface area contributed by atoms with Crippen LogP contribution >= 0.6 is 0 Å². The van der Waals surface area contributed by atoms with Crippen molar-refractivity contribution in [3.63, 3.8) is 0 Å². The molecule has 0 spiro atoms. The van der Waals surface area contributed by atoms with E-state index in [1.165, 1.54) is 24.3 Å². The van der Waals surface area contributed by atoms with Crippen LogP contribution in [0.3, 0.4) is 0 Å². The van der Waals surface area contributed by atoms with Gasteiger partial charge >= 0.3 is 18.4 Å². The second-order valence-corrected chi connectivity index (χ2v) is 9.47. The van der Waals surface area contributed by atoms with Crippen molar-refractivity contribution in [2.24, 2.45) is 5.92 Å². The summed E-state index contributed by atoms with van der Waals surface area (Å²) in [5, 5.41) is 0. The second kappa shape index (κ2) is 12.0. The van der Waals surface area contributed by atoms with Gasteiger partial charge in [0.2, 0.25) is 0 Å². The summed E-state index contributed by atoms with van der Waals surface area (Å²) < 4.78 is 106. The fraction of sp³-hybridized carbons (Fsp3) is 0.345. The monoisotopic (exact) mass is 570 g/mol. The van der Waals surface area contributed by atoms with Gasteiger partial charge < -0.3 is 9.47 Å². The number of halogens is 7. The van der Waals surface area contributed by atoms with Gasteiger partial charge in [-0.15, -0.1) is 13.2 Å². The SMILES string of the molecule is CCCC1CCC(c2ccc(C(=O)Oc3ccc(-c4cc(F)c(C(F)(F)OC(F)(F)F)c(F)c4)cc3)cc2)OC1. The van der Waals surface area contributed by atoms with E-state index in [1.807, 2.05) is 0 Å². The van der Waals surface area contributed by atoms with Crippen LogP contribution in [0.4, 0.5) is 30.7 Å². The van der Waals surface area contributed by atoms with E-state index >= 15 is 0 Å². The number of hydrogen-bond donors (Lipinski definition) is 0. The molecule has 40 heavy (non-hydrogen) atoms. The Kier molecular flexibility index (Phi) is 8.84. The molecule has 214 valence electrons. The third-order valence-corrected chi connectivity index (χ3v) is 6.56. The van der Waals surface area contributed by atoms with Crippen LogP contribution in [0.1, 0.15) is 60.2 Å². The molecule has 3 aromatic carbocycles. The molecule has 0 bridgehead atoms. The number of carbonyl (C=O) groups excluding carboxylic acids is 1. The van der Waals surface area contributed by atoms with Crippen molar-refractivity contribution in [1.29, 1.82) is 0 Å². The van der Waals surface area contributed by atoms with Gasteiger partial charge in [-0.3, -0.25) is 0 Å². The first-order valence-corrected chi connectivity index (χ1v) is 12.5. The van der Waals surface area contributed by atoms with E-state index in [2.05, 4.69) is 11.7 Å². The molecule has 2 unspecified atom stereocenters. The molecule has 0 aliphatic carbocycles. The lowest BCUT2D eigenvalue weighted by Gasteiger charge is -2.29. The zero-order chi connectivity index (χ0) is 29.1. The number of rotatable bonds is 8. The number of esters is 1. The molecule has 1 saturated heterocycles. The highest BCUT2D eigenvalue weighted by atomic mass is 19.4. The van der Waals surface area contributed by atoms with Gasteiger partial charge in [0, 0.05) is 0 Å². The normalized spacial score (nSPS) is 18.0. The highest BCUT2D eigenvalue weighted by Crippen LogP contribution is 2.40. The Hall–Kier alpha value is -3.44. The number of alkyl halides is 5. The van der Waals surface area contributed by atoms with Crippen molar-refractivity contribution in [2.75, 3.05) is 6.61 Å². The van der Waals surface area contributed by atoms with Gasteiger partial charge in [-0.2, -0.15) is 8.78 Å². The first-order valence-electron chi connectivity index (χ1n) is 12.5. The minimum atomic E-state index is -5.82. The summed E-state index contributed by atoms with van der Waals surface area (Å²) in [6.07, 6.45) is -6.88. The summed E-state index contributed by atoms with van der Waals surface area (Å²) in [7, 11) is 0. The van der Waals surface area contributed by atoms with E-state index in [-0.39, 0.29) is 28.5 Å². The largest absolute Gasteiger partial charge is 0.527 e. The summed E-state index contributed by atoms with van der Waals surface area (Å²) in [6.45, 7) is 2.86. The molecular formula is C29H25F7O4. The Morgan fingerprint density at radius 3 is 2.05 bits per heavy atom. The topological polar surface area (TPSA) is 44.8 Å². The van der Waals surface area contributed by atoms with Crippen LogP contribution in [0.25, 0.3) is 11.1 Å². The molecule has 3 aromatic rings. The molecule has 1 heterocycles. The van der Waals surface area contributed by atoms with Crippen molar-refractivity contribution >= 4 is 5.97 Å². The fourth-order valence-corrected chi connectivity index (χ4v) is 4.63. The Labute approximate surface area is 225 Å². The second-order valence-electron chi connectivity index (χ2n) is 9.47. The van der Waals surface area contributed by atoms with Crippen molar-refractivity contribution in [2.45, 2.75) is 51.2 Å². The lowest BCUT2D eigenvalue weighted by molar-refractivity contribution is -0.432. The zero-order valence-corrected chi connectivity index (χ0v) is 21.2. The van der Waals surface area contributed by atoms with Crippen LogP contribution in [0, 0.1) is 17.6 Å². The summed E-state index contributed by atoms with van der Waals surface area (Å²) in [4.78, 5) is 12.6. The average Bonchev–Trinajstić information content (AvgIpc) is 2.88. The molecule has 1 aliphatic rings. The Balaban J connectivity index is 1.40. The van der Waals surface area contributed by atoms with E-state index in [0.717, 1.165) is 31.2 Å². The Morgan fingerprint density at radius 1 is 0.900 bits per heavy atom. The molecule has 0 radical (unpaired) electrons. The molecule has 0 amide bonds. The minimum absolute atomic E-state index is 0.0298. The van der Waals surface area contributed by atoms with Gasteiger partial charge in [0.25, 0.3) is 0 Å².